The van der Waals surface area contributed by atoms with Crippen LogP contribution in [0.4, 0.5) is 4.79 Å². The van der Waals surface area contributed by atoms with Gasteiger partial charge in [0.25, 0.3) is 0 Å². The number of urea groups is 1. The molecule has 3 N–H and O–H groups in total. The van der Waals surface area contributed by atoms with Crippen molar-refractivity contribution in [2.24, 2.45) is 5.92 Å². The summed E-state index contributed by atoms with van der Waals surface area (Å²) < 4.78 is 0. The van der Waals surface area contributed by atoms with Crippen molar-refractivity contribution in [1.29, 1.82) is 0 Å². The monoisotopic (exact) mass is 216 g/mol. The van der Waals surface area contributed by atoms with Crippen LogP contribution in [0.25, 0.3) is 0 Å². The van der Waals surface area contributed by atoms with Gasteiger partial charge in [-0.25, -0.2) is 4.79 Å². The van der Waals surface area contributed by atoms with Crippen LogP contribution >= 0.6 is 0 Å². The third kappa shape index (κ3) is 8.24. The first-order valence-corrected chi connectivity index (χ1v) is 5.75. The molecule has 90 valence electrons. The zero-order valence-corrected chi connectivity index (χ0v) is 10.0. The molecule has 0 unspecified atom stereocenters. The van der Waals surface area contributed by atoms with Gasteiger partial charge in [-0.1, -0.05) is 27.2 Å². The van der Waals surface area contributed by atoms with Gasteiger partial charge in [0.05, 0.1) is 12.6 Å². The van der Waals surface area contributed by atoms with Crippen molar-refractivity contribution in [3.63, 3.8) is 0 Å². The Morgan fingerprint density at radius 3 is 2.53 bits per heavy atom. The smallest absolute Gasteiger partial charge is 0.315 e. The van der Waals surface area contributed by atoms with Gasteiger partial charge in [0.1, 0.15) is 0 Å². The van der Waals surface area contributed by atoms with Gasteiger partial charge in [-0.05, 0) is 18.8 Å². The molecule has 0 aliphatic heterocycles. The molecule has 4 nitrogen and oxygen atoms in total. The summed E-state index contributed by atoms with van der Waals surface area (Å²) in [6, 6.07) is -0.310. The van der Waals surface area contributed by atoms with Gasteiger partial charge in [0.15, 0.2) is 0 Å². The number of hydrogen-bond donors (Lipinski definition) is 3. The third-order valence-electron chi connectivity index (χ3n) is 2.13. The van der Waals surface area contributed by atoms with Crippen molar-refractivity contribution >= 4 is 6.03 Å². The Labute approximate surface area is 92.4 Å². The van der Waals surface area contributed by atoms with Crippen molar-refractivity contribution in [1.82, 2.24) is 10.6 Å². The van der Waals surface area contributed by atoms with Crippen LogP contribution in [0, 0.1) is 5.92 Å². The molecule has 0 spiro atoms. The van der Waals surface area contributed by atoms with Crippen LogP contribution in [0.1, 0.15) is 40.0 Å². The van der Waals surface area contributed by atoms with Crippen LogP contribution in [-0.4, -0.2) is 30.3 Å². The highest BCUT2D eigenvalue weighted by molar-refractivity contribution is 5.74. The second kappa shape index (κ2) is 8.53. The summed E-state index contributed by atoms with van der Waals surface area (Å²) in [6.45, 7) is 6.91. The van der Waals surface area contributed by atoms with Gasteiger partial charge in [-0.3, -0.25) is 0 Å². The lowest BCUT2D eigenvalue weighted by atomic mass is 10.0. The molecule has 0 saturated carbocycles. The molecular formula is C11H24N2O2. The molecule has 0 fully saturated rings. The number of aliphatic hydroxyl groups excluding tert-OH is 1. The molecule has 0 aliphatic rings. The van der Waals surface area contributed by atoms with Crippen molar-refractivity contribution in [2.45, 2.75) is 46.1 Å². The Kier molecular flexibility index (Phi) is 8.09. The van der Waals surface area contributed by atoms with Crippen molar-refractivity contribution in [2.75, 3.05) is 13.2 Å². The number of carbonyl (C=O) groups is 1. The minimum absolute atomic E-state index is 0.000617. The molecule has 0 aromatic rings. The van der Waals surface area contributed by atoms with Gasteiger partial charge in [-0.2, -0.15) is 0 Å². The predicted molar refractivity (Wildman–Crippen MR) is 61.8 cm³/mol. The normalized spacial score (nSPS) is 12.6. The van der Waals surface area contributed by atoms with E-state index in [2.05, 4.69) is 31.4 Å². The number of carbonyl (C=O) groups excluding carboxylic acids is 1. The molecule has 0 heterocycles. The van der Waals surface area contributed by atoms with Gasteiger partial charge < -0.3 is 15.7 Å². The maximum absolute atomic E-state index is 11.3. The second-order valence-corrected chi connectivity index (χ2v) is 4.26. The van der Waals surface area contributed by atoms with Crippen LogP contribution in [0.5, 0.6) is 0 Å². The first-order chi connectivity index (χ1) is 7.10. The third-order valence-corrected chi connectivity index (χ3v) is 2.13. The molecule has 0 aliphatic carbocycles. The molecule has 0 bridgehead atoms. The molecule has 15 heavy (non-hydrogen) atoms. The van der Waals surface area contributed by atoms with Gasteiger partial charge >= 0.3 is 6.03 Å². The van der Waals surface area contributed by atoms with Crippen LogP contribution in [0.15, 0.2) is 0 Å². The minimum Gasteiger partial charge on any atom is -0.394 e. The Hall–Kier alpha value is -0.770. The summed E-state index contributed by atoms with van der Waals surface area (Å²) in [4.78, 5) is 11.3. The van der Waals surface area contributed by atoms with E-state index in [0.717, 1.165) is 19.3 Å². The minimum atomic E-state index is -0.178. The van der Waals surface area contributed by atoms with Crippen LogP contribution in [0.3, 0.4) is 0 Å². The zero-order valence-electron chi connectivity index (χ0n) is 10.0. The van der Waals surface area contributed by atoms with Gasteiger partial charge in [-0.15, -0.1) is 0 Å². The lowest BCUT2D eigenvalue weighted by Crippen LogP contribution is -2.44. The maximum Gasteiger partial charge on any atom is 0.315 e. The molecule has 0 saturated heterocycles. The Balaban J connectivity index is 3.70. The summed E-state index contributed by atoms with van der Waals surface area (Å²) >= 11 is 0. The highest BCUT2D eigenvalue weighted by atomic mass is 16.3. The standard InChI is InChI=1S/C11H24N2O2/c1-4-5-6-12-11(15)13-10(8-14)7-9(2)3/h9-10,14H,4-8H2,1-3H3,(H2,12,13,15)/t10-/m1/s1. The van der Waals surface area contributed by atoms with Gasteiger partial charge in [0, 0.05) is 6.54 Å². The van der Waals surface area contributed by atoms with Crippen molar-refractivity contribution in [3.8, 4) is 0 Å². The summed E-state index contributed by atoms with van der Waals surface area (Å²) in [7, 11) is 0. The van der Waals surface area contributed by atoms with Crippen molar-refractivity contribution < 1.29 is 9.90 Å². The SMILES string of the molecule is CCCCNC(=O)N[C@@H](CO)CC(C)C. The van der Waals surface area contributed by atoms with E-state index < -0.39 is 0 Å². The van der Waals surface area contributed by atoms with Crippen LogP contribution < -0.4 is 10.6 Å². The van der Waals surface area contributed by atoms with E-state index in [1.165, 1.54) is 0 Å². The first-order valence-electron chi connectivity index (χ1n) is 5.75. The predicted octanol–water partition coefficient (Wildman–Crippen LogP) is 1.49. The number of unbranched alkanes of at least 4 members (excludes halogenated alkanes) is 1. The average Bonchev–Trinajstić information content (AvgIpc) is 2.16. The highest BCUT2D eigenvalue weighted by Gasteiger charge is 2.11. The number of aliphatic hydroxyl groups is 1. The molecule has 0 aromatic heterocycles. The van der Waals surface area contributed by atoms with E-state index in [0.29, 0.717) is 12.5 Å². The number of hydrogen-bond acceptors (Lipinski definition) is 2. The summed E-state index contributed by atoms with van der Waals surface area (Å²) in [5.74, 6) is 0.470. The fraction of sp³-hybridized carbons (Fsp3) is 0.909. The number of rotatable bonds is 7. The lowest BCUT2D eigenvalue weighted by molar-refractivity contribution is 0.207. The Morgan fingerprint density at radius 1 is 1.40 bits per heavy atom. The Bertz CT molecular complexity index is 172. The summed E-state index contributed by atoms with van der Waals surface area (Å²) in [6.07, 6.45) is 2.86. The molecule has 4 heteroatoms. The molecule has 0 rings (SSSR count). The van der Waals surface area contributed by atoms with Crippen LogP contribution in [0.2, 0.25) is 0 Å². The topological polar surface area (TPSA) is 61.4 Å². The molecular weight excluding hydrogens is 192 g/mol. The zero-order chi connectivity index (χ0) is 11.7. The van der Waals surface area contributed by atoms with E-state index in [9.17, 15) is 4.79 Å². The molecule has 0 radical (unpaired) electrons. The van der Waals surface area contributed by atoms with E-state index in [4.69, 9.17) is 5.11 Å². The van der Waals surface area contributed by atoms with E-state index in [-0.39, 0.29) is 18.7 Å². The van der Waals surface area contributed by atoms with Crippen molar-refractivity contribution in [3.05, 3.63) is 0 Å². The summed E-state index contributed by atoms with van der Waals surface area (Å²) in [5, 5.41) is 14.6. The lowest BCUT2D eigenvalue weighted by Gasteiger charge is -2.18. The van der Waals surface area contributed by atoms with E-state index >= 15 is 0 Å². The maximum atomic E-state index is 11.3. The average molecular weight is 216 g/mol. The van der Waals surface area contributed by atoms with Crippen LogP contribution in [-0.2, 0) is 0 Å². The summed E-state index contributed by atoms with van der Waals surface area (Å²) in [5.41, 5.74) is 0. The Morgan fingerprint density at radius 2 is 2.07 bits per heavy atom. The molecule has 2 amide bonds. The number of nitrogens with one attached hydrogen (secondary N) is 2. The van der Waals surface area contributed by atoms with E-state index in [1.807, 2.05) is 0 Å². The first kappa shape index (κ1) is 14.2. The molecule has 1 atom stereocenters. The van der Waals surface area contributed by atoms with E-state index in [1.54, 1.807) is 0 Å². The highest BCUT2D eigenvalue weighted by Crippen LogP contribution is 2.03. The number of amides is 2. The fourth-order valence-corrected chi connectivity index (χ4v) is 1.36. The molecule has 0 aromatic carbocycles. The van der Waals surface area contributed by atoms with Gasteiger partial charge in [0.2, 0.25) is 0 Å². The quantitative estimate of drug-likeness (QED) is 0.565. The second-order valence-electron chi connectivity index (χ2n) is 4.26. The largest absolute Gasteiger partial charge is 0.394 e. The fourth-order valence-electron chi connectivity index (χ4n) is 1.36.